The van der Waals surface area contributed by atoms with Crippen molar-refractivity contribution in [2.75, 3.05) is 0 Å². The second-order valence-electron chi connectivity index (χ2n) is 25.9. The third-order valence-electron chi connectivity index (χ3n) is 17.4. The average molecular weight is 1970 g/mol. The summed E-state index contributed by atoms with van der Waals surface area (Å²) in [6, 6.07) is 48.4. The van der Waals surface area contributed by atoms with Crippen molar-refractivity contribution in [2.24, 2.45) is 0 Å². The molecule has 0 aliphatic rings. The van der Waals surface area contributed by atoms with Crippen LogP contribution in [0.15, 0.2) is 291 Å². The molecule has 0 aliphatic heterocycles. The van der Waals surface area contributed by atoms with E-state index in [4.69, 9.17) is 0 Å². The first kappa shape index (κ1) is 101. The van der Waals surface area contributed by atoms with Crippen molar-refractivity contribution in [3.8, 4) is 0 Å². The van der Waals surface area contributed by atoms with Crippen LogP contribution in [0.5, 0.6) is 0 Å². The summed E-state index contributed by atoms with van der Waals surface area (Å²) in [6.07, 6.45) is -55.0. The number of hydrogen-bond donors (Lipinski definition) is 0. The van der Waals surface area contributed by atoms with Crippen molar-refractivity contribution in [1.29, 1.82) is 0 Å². The molecule has 0 aliphatic carbocycles. The summed E-state index contributed by atoms with van der Waals surface area (Å²) >= 11 is 0. The molecule has 0 saturated carbocycles. The predicted molar refractivity (Wildman–Crippen MR) is 401 cm³/mol. The van der Waals surface area contributed by atoms with Gasteiger partial charge >= 0.3 is 74.1 Å². The fourth-order valence-corrected chi connectivity index (χ4v) is 20.3. The summed E-state index contributed by atoms with van der Waals surface area (Å²) in [4.78, 5) is 0. The van der Waals surface area contributed by atoms with Gasteiger partial charge in [-0.25, -0.2) is 0 Å². The normalized spacial score (nSPS) is 12.9. The van der Waals surface area contributed by atoms with E-state index in [9.17, 15) is 158 Å². The summed E-state index contributed by atoms with van der Waals surface area (Å²) in [7, 11) is -6.77. The standard InChI is InChI=1S/4C21H12F9P.Pd/c4*22-19(23,24)13-1-7-16(8-2-13)31(17-9-3-14(4-10-17)20(25,26)27)18-11-5-15(6-12-18)21(28,29)30;/h4*1-12H;. The van der Waals surface area contributed by atoms with Crippen molar-refractivity contribution in [3.05, 3.63) is 358 Å². The molecule has 0 spiro atoms. The molecule has 0 radical (unpaired) electrons. The van der Waals surface area contributed by atoms with Crippen molar-refractivity contribution in [1.82, 2.24) is 0 Å². The molecular formula is C84H48F36P4Pd. The van der Waals surface area contributed by atoms with Crippen LogP contribution in [0.1, 0.15) is 66.8 Å². The fourth-order valence-electron chi connectivity index (χ4n) is 11.4. The van der Waals surface area contributed by atoms with Crippen molar-refractivity contribution in [3.63, 3.8) is 0 Å². The van der Waals surface area contributed by atoms with Gasteiger partial charge in [-0.3, -0.25) is 0 Å². The molecule has 0 nitrogen and oxygen atoms in total. The second-order valence-corrected chi connectivity index (χ2v) is 34.8. The maximum atomic E-state index is 12.9. The first-order valence-corrected chi connectivity index (χ1v) is 39.7. The Bertz CT molecular complexity index is 4210. The Morgan fingerprint density at radius 3 is 0.184 bits per heavy atom. The van der Waals surface area contributed by atoms with Crippen LogP contribution in [0.3, 0.4) is 0 Å². The Hall–Kier alpha value is -9.50. The molecule has 0 saturated heterocycles. The van der Waals surface area contributed by atoms with E-state index < -0.39 is 173 Å². The summed E-state index contributed by atoms with van der Waals surface area (Å²) in [6.45, 7) is 0. The van der Waals surface area contributed by atoms with Crippen molar-refractivity contribution >= 4 is 95.3 Å². The molecule has 12 aromatic rings. The van der Waals surface area contributed by atoms with E-state index in [-0.39, 0.29) is 20.4 Å². The van der Waals surface area contributed by atoms with Gasteiger partial charge in [-0.1, -0.05) is 146 Å². The smallest absolute Gasteiger partial charge is 0.166 e. The van der Waals surface area contributed by atoms with E-state index in [2.05, 4.69) is 0 Å². The zero-order valence-electron chi connectivity index (χ0n) is 61.4. The number of benzene rings is 12. The molecular weight excluding hydrogens is 1920 g/mol. The molecule has 0 amide bonds. The number of halogens is 36. The first-order chi connectivity index (χ1) is 57.1. The van der Waals surface area contributed by atoms with Crippen LogP contribution in [0.2, 0.25) is 0 Å². The van der Waals surface area contributed by atoms with Crippen molar-refractivity contribution < 1.29 is 178 Å². The van der Waals surface area contributed by atoms with Crippen molar-refractivity contribution in [2.45, 2.75) is 74.1 Å². The molecule has 0 N–H and O–H groups in total. The zero-order chi connectivity index (χ0) is 92.1. The van der Waals surface area contributed by atoms with Crippen LogP contribution in [-0.2, 0) is 94.5 Å². The second kappa shape index (κ2) is 39.0. The largest absolute Gasteiger partial charge is 0.416 e. The summed E-state index contributed by atoms with van der Waals surface area (Å²) in [5, 5.41) is 4.19. The minimum Gasteiger partial charge on any atom is -0.166 e. The van der Waals surface area contributed by atoms with Gasteiger partial charge in [0.05, 0.1) is 66.8 Å². The molecule has 0 unspecified atom stereocenters. The first-order valence-electron chi connectivity index (χ1n) is 34.3. The van der Waals surface area contributed by atoms with E-state index in [1.54, 1.807) is 0 Å². The van der Waals surface area contributed by atoms with Crippen LogP contribution in [0.4, 0.5) is 158 Å². The maximum absolute atomic E-state index is 12.9. The Morgan fingerprint density at radius 1 is 0.0960 bits per heavy atom. The van der Waals surface area contributed by atoms with Crippen LogP contribution in [0.25, 0.3) is 0 Å². The quantitative estimate of drug-likeness (QED) is 0.0650. The number of alkyl halides is 36. The third kappa shape index (κ3) is 27.3. The Morgan fingerprint density at radius 2 is 0.144 bits per heavy atom. The minimum atomic E-state index is -4.58. The number of hydrogen-bond acceptors (Lipinski definition) is 0. The maximum Gasteiger partial charge on any atom is 0.416 e. The topological polar surface area (TPSA) is 0 Å². The third-order valence-corrected chi connectivity index (χ3v) is 27.2. The summed E-state index contributed by atoms with van der Waals surface area (Å²) in [5.41, 5.74) is -10.9. The molecule has 12 rings (SSSR count). The molecule has 41 heteroatoms. The Kier molecular flexibility index (Phi) is 31.5. The van der Waals surface area contributed by atoms with Gasteiger partial charge in [-0.05, 0) is 241 Å². The van der Waals surface area contributed by atoms with Gasteiger partial charge in [0.1, 0.15) is 0 Å². The molecule has 0 atom stereocenters. The van der Waals surface area contributed by atoms with E-state index in [0.717, 1.165) is 146 Å². The van der Waals surface area contributed by atoms with E-state index in [1.807, 2.05) is 0 Å². The van der Waals surface area contributed by atoms with Gasteiger partial charge in [0, 0.05) is 20.4 Å². The van der Waals surface area contributed by atoms with Gasteiger partial charge < -0.3 is 0 Å². The Balaban J connectivity index is 0.000000206. The van der Waals surface area contributed by atoms with Crippen LogP contribution >= 0.6 is 31.7 Å². The molecule has 12 aromatic carbocycles. The molecule has 125 heavy (non-hydrogen) atoms. The van der Waals surface area contributed by atoms with Gasteiger partial charge in [-0.2, -0.15) is 158 Å². The van der Waals surface area contributed by atoms with Crippen LogP contribution < -0.4 is 63.7 Å². The molecule has 0 fully saturated rings. The van der Waals surface area contributed by atoms with Gasteiger partial charge in [-0.15, -0.1) is 0 Å². The van der Waals surface area contributed by atoms with Gasteiger partial charge in [0.15, 0.2) is 0 Å². The number of rotatable bonds is 12. The van der Waals surface area contributed by atoms with E-state index in [0.29, 0.717) is 63.7 Å². The summed E-state index contributed by atoms with van der Waals surface area (Å²) < 4.78 is 463. The van der Waals surface area contributed by atoms with Crippen LogP contribution in [-0.4, -0.2) is 0 Å². The fraction of sp³-hybridized carbons (Fsp3) is 0.143. The SMILES string of the molecule is FC(F)(F)c1ccc(P(c2ccc(C(F)(F)F)cc2)c2ccc(C(F)(F)F)cc2)cc1.FC(F)(F)c1ccc(P(c2ccc(C(F)(F)F)cc2)c2ccc(C(F)(F)F)cc2)cc1.FC(F)(F)c1ccc(P(c2ccc(C(F)(F)F)cc2)c2ccc(C(F)(F)F)cc2)cc1.FC(F)(F)c1ccc(P(c2ccc(C(F)(F)F)cc2)c2ccc(C(F)(F)F)cc2)cc1.[Pd]. The molecule has 0 heterocycles. The molecule has 0 aromatic heterocycles. The minimum absolute atomic E-state index is 0. The molecule has 666 valence electrons. The predicted octanol–water partition coefficient (Wildman–Crippen LogP) is 26.0. The van der Waals surface area contributed by atoms with Gasteiger partial charge in [0.25, 0.3) is 0 Å². The van der Waals surface area contributed by atoms with E-state index in [1.165, 1.54) is 146 Å². The average Bonchev–Trinajstić information content (AvgIpc) is 0.799. The summed E-state index contributed by atoms with van der Waals surface area (Å²) in [5.74, 6) is 0. The molecule has 0 bridgehead atoms. The Labute approximate surface area is 702 Å². The van der Waals surface area contributed by atoms with Crippen LogP contribution in [0, 0.1) is 0 Å². The monoisotopic (exact) mass is 1970 g/mol. The van der Waals surface area contributed by atoms with E-state index >= 15 is 0 Å². The van der Waals surface area contributed by atoms with Gasteiger partial charge in [0.2, 0.25) is 0 Å². The zero-order valence-corrected chi connectivity index (χ0v) is 66.6.